The molecule has 3 nitrogen and oxygen atoms in total. The van der Waals surface area contributed by atoms with Gasteiger partial charge in [-0.25, -0.2) is 4.79 Å². The number of hydrogen-bond donors (Lipinski definition) is 0. The van der Waals surface area contributed by atoms with Gasteiger partial charge in [0.1, 0.15) is 5.60 Å². The summed E-state index contributed by atoms with van der Waals surface area (Å²) in [6.45, 7) is 13.8. The Morgan fingerprint density at radius 3 is 2.08 bits per heavy atom. The molecule has 4 fully saturated rings. The van der Waals surface area contributed by atoms with E-state index < -0.39 is 5.60 Å². The van der Waals surface area contributed by atoms with E-state index in [0.717, 1.165) is 32.1 Å². The van der Waals surface area contributed by atoms with E-state index in [2.05, 4.69) is 40.3 Å². The molecule has 24 heavy (non-hydrogen) atoms. The second kappa shape index (κ2) is 5.10. The fourth-order valence-corrected chi connectivity index (χ4v) is 6.24. The van der Waals surface area contributed by atoms with E-state index >= 15 is 0 Å². The lowest BCUT2D eigenvalue weighted by atomic mass is 9.37. The van der Waals surface area contributed by atoms with Crippen LogP contribution in [0.3, 0.4) is 0 Å². The summed E-state index contributed by atoms with van der Waals surface area (Å²) in [5.74, 6) is 1.05. The van der Waals surface area contributed by atoms with Gasteiger partial charge in [-0.15, -0.1) is 0 Å². The number of carbonyl (C=O) groups is 1. The predicted molar refractivity (Wildman–Crippen MR) is 93.9 cm³/mol. The van der Waals surface area contributed by atoms with Crippen molar-refractivity contribution in [1.29, 1.82) is 5.26 Å². The summed E-state index contributed by atoms with van der Waals surface area (Å²) in [6, 6.07) is 2.60. The van der Waals surface area contributed by atoms with Crippen molar-refractivity contribution in [3.05, 3.63) is 12.2 Å². The van der Waals surface area contributed by atoms with E-state index in [4.69, 9.17) is 4.74 Å². The molecule has 4 rings (SSSR count). The maximum Gasteiger partial charge on any atom is 0.333 e. The van der Waals surface area contributed by atoms with Crippen LogP contribution in [0.1, 0.15) is 73.1 Å². The number of hydrogen-bond acceptors (Lipinski definition) is 3. The zero-order valence-electron chi connectivity index (χ0n) is 15.9. The largest absolute Gasteiger partial charge is 0.456 e. The molecule has 3 unspecified atom stereocenters. The first-order valence-electron chi connectivity index (χ1n) is 9.26. The summed E-state index contributed by atoms with van der Waals surface area (Å²) in [7, 11) is 0. The fraction of sp³-hybridized carbons (Fsp3) is 0.810. The van der Waals surface area contributed by atoms with Gasteiger partial charge in [-0.1, -0.05) is 6.58 Å². The van der Waals surface area contributed by atoms with Gasteiger partial charge >= 0.3 is 5.97 Å². The van der Waals surface area contributed by atoms with Crippen molar-refractivity contribution in [3.63, 3.8) is 0 Å². The van der Waals surface area contributed by atoms with Gasteiger partial charge in [0.2, 0.25) is 0 Å². The van der Waals surface area contributed by atoms with Crippen LogP contribution in [0.5, 0.6) is 0 Å². The Bertz CT molecular complexity index is 608. The Hall–Kier alpha value is -1.30. The van der Waals surface area contributed by atoms with Gasteiger partial charge in [0.25, 0.3) is 0 Å². The van der Waals surface area contributed by atoms with E-state index in [-0.39, 0.29) is 22.2 Å². The Kier molecular flexibility index (Phi) is 3.72. The zero-order chi connectivity index (χ0) is 18.0. The number of nitriles is 1. The highest BCUT2D eigenvalue weighted by Gasteiger charge is 2.66. The quantitative estimate of drug-likeness (QED) is 0.537. The Morgan fingerprint density at radius 1 is 1.12 bits per heavy atom. The minimum Gasteiger partial charge on any atom is -0.456 e. The van der Waals surface area contributed by atoms with Crippen LogP contribution in [-0.4, -0.2) is 11.6 Å². The predicted octanol–water partition coefficient (Wildman–Crippen LogP) is 5.02. The van der Waals surface area contributed by atoms with Crippen LogP contribution in [0, 0.1) is 39.4 Å². The van der Waals surface area contributed by atoms with Crippen molar-refractivity contribution in [1.82, 2.24) is 0 Å². The second-order valence-electron chi connectivity index (χ2n) is 9.94. The first-order chi connectivity index (χ1) is 11.0. The summed E-state index contributed by atoms with van der Waals surface area (Å²) in [6.07, 6.45) is 6.87. The SMILES string of the molecule is C=C(C)C(=O)OC(C)(C)C12CC3C[C@H](CC(C(C)(C)C#N)(C3)C1)C2. The lowest BCUT2D eigenvalue weighted by Crippen LogP contribution is -2.63. The molecule has 0 amide bonds. The Labute approximate surface area is 146 Å². The topological polar surface area (TPSA) is 50.1 Å². The fourth-order valence-electron chi connectivity index (χ4n) is 6.24. The maximum absolute atomic E-state index is 12.2. The molecule has 4 aliphatic rings. The molecule has 0 aromatic rings. The normalized spacial score (nSPS) is 37.8. The summed E-state index contributed by atoms with van der Waals surface area (Å²) in [4.78, 5) is 12.2. The smallest absolute Gasteiger partial charge is 0.333 e. The highest BCUT2D eigenvalue weighted by molar-refractivity contribution is 5.87. The molecule has 3 heteroatoms. The molecule has 0 aromatic carbocycles. The molecule has 0 aromatic heterocycles. The van der Waals surface area contributed by atoms with Crippen molar-refractivity contribution >= 4 is 5.97 Å². The third kappa shape index (κ3) is 2.33. The van der Waals surface area contributed by atoms with Gasteiger partial charge in [0, 0.05) is 11.0 Å². The first-order valence-corrected chi connectivity index (χ1v) is 9.26. The molecule has 0 saturated heterocycles. The molecule has 4 bridgehead atoms. The summed E-state index contributed by atoms with van der Waals surface area (Å²) in [5.41, 5.74) is -0.322. The highest BCUT2D eigenvalue weighted by Crippen LogP contribution is 2.72. The molecule has 0 aliphatic heterocycles. The summed E-state index contributed by atoms with van der Waals surface area (Å²) < 4.78 is 5.95. The maximum atomic E-state index is 12.2. The third-order valence-corrected chi connectivity index (χ3v) is 7.64. The van der Waals surface area contributed by atoms with Crippen LogP contribution in [0.4, 0.5) is 0 Å². The van der Waals surface area contributed by atoms with Gasteiger partial charge in [0.05, 0.1) is 11.5 Å². The number of rotatable bonds is 4. The van der Waals surface area contributed by atoms with Crippen molar-refractivity contribution in [2.24, 2.45) is 28.1 Å². The van der Waals surface area contributed by atoms with Crippen LogP contribution in [-0.2, 0) is 9.53 Å². The summed E-state index contributed by atoms with van der Waals surface area (Å²) in [5, 5.41) is 9.81. The van der Waals surface area contributed by atoms with Gasteiger partial charge < -0.3 is 4.74 Å². The molecule has 132 valence electrons. The molecule has 4 saturated carbocycles. The average molecular weight is 329 g/mol. The highest BCUT2D eigenvalue weighted by atomic mass is 16.6. The van der Waals surface area contributed by atoms with Crippen molar-refractivity contribution in [3.8, 4) is 6.07 Å². The molecule has 4 aliphatic carbocycles. The molecular formula is C21H31NO2. The Balaban J connectivity index is 1.98. The molecule has 4 atom stereocenters. The van der Waals surface area contributed by atoms with Crippen molar-refractivity contribution in [2.45, 2.75) is 78.7 Å². The Morgan fingerprint density at radius 2 is 1.62 bits per heavy atom. The molecular weight excluding hydrogens is 298 g/mol. The van der Waals surface area contributed by atoms with Gasteiger partial charge in [-0.3, -0.25) is 0 Å². The summed E-state index contributed by atoms with van der Waals surface area (Å²) >= 11 is 0. The van der Waals surface area contributed by atoms with E-state index in [1.54, 1.807) is 6.92 Å². The lowest BCUT2D eigenvalue weighted by molar-refractivity contribution is -0.225. The van der Waals surface area contributed by atoms with Crippen molar-refractivity contribution in [2.75, 3.05) is 0 Å². The molecule has 0 spiro atoms. The lowest BCUT2D eigenvalue weighted by Gasteiger charge is -2.68. The number of esters is 1. The minimum atomic E-state index is -0.516. The van der Waals surface area contributed by atoms with E-state index in [1.165, 1.54) is 6.42 Å². The van der Waals surface area contributed by atoms with E-state index in [1.807, 2.05) is 0 Å². The van der Waals surface area contributed by atoms with Crippen LogP contribution in [0.2, 0.25) is 0 Å². The van der Waals surface area contributed by atoms with Gasteiger partial charge in [-0.2, -0.15) is 5.26 Å². The number of nitrogens with zero attached hydrogens (tertiary/aromatic N) is 1. The first kappa shape index (κ1) is 17.5. The van der Waals surface area contributed by atoms with E-state index in [0.29, 0.717) is 17.4 Å². The molecule has 0 radical (unpaired) electrons. The number of ether oxygens (including phenoxy) is 1. The van der Waals surface area contributed by atoms with Crippen LogP contribution in [0.25, 0.3) is 0 Å². The van der Waals surface area contributed by atoms with Crippen LogP contribution < -0.4 is 0 Å². The second-order valence-corrected chi connectivity index (χ2v) is 9.94. The van der Waals surface area contributed by atoms with Crippen LogP contribution >= 0.6 is 0 Å². The van der Waals surface area contributed by atoms with E-state index in [9.17, 15) is 10.1 Å². The van der Waals surface area contributed by atoms with Gasteiger partial charge in [0.15, 0.2) is 0 Å². The third-order valence-electron chi connectivity index (χ3n) is 7.64. The minimum absolute atomic E-state index is 0.00366. The van der Waals surface area contributed by atoms with Crippen LogP contribution in [0.15, 0.2) is 12.2 Å². The monoisotopic (exact) mass is 329 g/mol. The standard InChI is InChI=1S/C21H31NO2/c1-14(2)17(23)24-19(5,6)21-10-15-7-16(11-21)9-20(8-15,12-21)18(3,4)13-22/h15-16H,1,7-12H2,2-6H3/t15-,16?,20?,21?/m1/s1. The van der Waals surface area contributed by atoms with Crippen molar-refractivity contribution < 1.29 is 9.53 Å². The molecule has 0 heterocycles. The molecule has 0 N–H and O–H groups in total. The van der Waals surface area contributed by atoms with Gasteiger partial charge in [-0.05, 0) is 90.4 Å². The zero-order valence-corrected chi connectivity index (χ0v) is 15.9. The average Bonchev–Trinajstić information content (AvgIpc) is 2.45. The number of carbonyl (C=O) groups excluding carboxylic acids is 1.